The molecule has 0 saturated heterocycles. The van der Waals surface area contributed by atoms with Gasteiger partial charge in [0.2, 0.25) is 0 Å². The van der Waals surface area contributed by atoms with Gasteiger partial charge in [0, 0.05) is 6.20 Å². The zero-order valence-corrected chi connectivity index (χ0v) is 6.50. The van der Waals surface area contributed by atoms with Gasteiger partial charge in [0.05, 0.1) is 16.4 Å². The van der Waals surface area contributed by atoms with Crippen molar-refractivity contribution in [2.75, 3.05) is 5.73 Å². The number of nitrogens with zero attached hydrogens (tertiary/aromatic N) is 2. The smallest absolute Gasteiger partial charge is 0.150 e. The monoisotopic (exact) mass is 201 g/mol. The zero-order chi connectivity index (χ0) is 7.56. The topological polar surface area (TPSA) is 68.3 Å². The minimum atomic E-state index is 0.161. The standard InChI is InChI=1S/C5H4BrN3O/c6-3-1-8-2-4(9-10)5(3)7/h1-2H,(H2,7,8). The lowest BCUT2D eigenvalue weighted by Crippen LogP contribution is -1.87. The number of aromatic nitrogens is 1. The number of rotatable bonds is 1. The highest BCUT2D eigenvalue weighted by atomic mass is 79.9. The van der Waals surface area contributed by atoms with Gasteiger partial charge in [0.1, 0.15) is 5.69 Å². The number of nitrogens with two attached hydrogens (primary N) is 1. The second-order valence-electron chi connectivity index (χ2n) is 1.65. The fraction of sp³-hybridized carbons (Fsp3) is 0. The maximum Gasteiger partial charge on any atom is 0.150 e. The third kappa shape index (κ3) is 1.13. The molecule has 4 nitrogen and oxygen atoms in total. The Kier molecular flexibility index (Phi) is 1.96. The van der Waals surface area contributed by atoms with Gasteiger partial charge in [-0.25, -0.2) is 0 Å². The van der Waals surface area contributed by atoms with Crippen LogP contribution in [0.5, 0.6) is 0 Å². The van der Waals surface area contributed by atoms with E-state index in [-0.39, 0.29) is 5.69 Å². The summed E-state index contributed by atoms with van der Waals surface area (Å²) in [6.45, 7) is 0. The van der Waals surface area contributed by atoms with Crippen molar-refractivity contribution in [1.29, 1.82) is 0 Å². The van der Waals surface area contributed by atoms with Gasteiger partial charge in [-0.05, 0) is 21.1 Å². The van der Waals surface area contributed by atoms with Gasteiger partial charge in [-0.15, -0.1) is 4.91 Å². The predicted octanol–water partition coefficient (Wildman–Crippen LogP) is 1.82. The molecular formula is C5H4BrN3O. The normalized spacial score (nSPS) is 9.30. The molecule has 2 N–H and O–H groups in total. The number of nitroso groups, excluding NO2 is 1. The van der Waals surface area contributed by atoms with Crippen LogP contribution >= 0.6 is 15.9 Å². The number of halogens is 1. The Morgan fingerprint density at radius 2 is 2.30 bits per heavy atom. The van der Waals surface area contributed by atoms with E-state index in [0.29, 0.717) is 10.2 Å². The lowest BCUT2D eigenvalue weighted by atomic mass is 10.4. The van der Waals surface area contributed by atoms with Crippen LogP contribution in [0.4, 0.5) is 11.4 Å². The van der Waals surface area contributed by atoms with Crippen LogP contribution in [-0.2, 0) is 0 Å². The van der Waals surface area contributed by atoms with Crippen LogP contribution in [-0.4, -0.2) is 4.98 Å². The van der Waals surface area contributed by atoms with Crippen molar-refractivity contribution in [3.63, 3.8) is 0 Å². The van der Waals surface area contributed by atoms with Crippen molar-refractivity contribution in [1.82, 2.24) is 4.98 Å². The van der Waals surface area contributed by atoms with Crippen molar-refractivity contribution < 1.29 is 0 Å². The number of hydrogen-bond acceptors (Lipinski definition) is 4. The van der Waals surface area contributed by atoms with Crippen LogP contribution in [0.2, 0.25) is 0 Å². The highest BCUT2D eigenvalue weighted by molar-refractivity contribution is 9.10. The molecule has 1 aromatic rings. The molecule has 0 fully saturated rings. The van der Waals surface area contributed by atoms with E-state index in [4.69, 9.17) is 5.73 Å². The van der Waals surface area contributed by atoms with E-state index < -0.39 is 0 Å². The maximum absolute atomic E-state index is 9.99. The van der Waals surface area contributed by atoms with E-state index in [1.54, 1.807) is 0 Å². The molecule has 0 saturated carbocycles. The second kappa shape index (κ2) is 2.74. The van der Waals surface area contributed by atoms with Crippen LogP contribution in [0.15, 0.2) is 22.0 Å². The van der Waals surface area contributed by atoms with Crippen molar-refractivity contribution in [3.05, 3.63) is 21.8 Å². The predicted molar refractivity (Wildman–Crippen MR) is 41.8 cm³/mol. The van der Waals surface area contributed by atoms with Gasteiger partial charge >= 0.3 is 0 Å². The number of nitrogen functional groups attached to an aromatic ring is 1. The molecule has 0 bridgehead atoms. The Morgan fingerprint density at radius 1 is 1.60 bits per heavy atom. The van der Waals surface area contributed by atoms with Crippen LogP contribution in [0.1, 0.15) is 0 Å². The highest BCUT2D eigenvalue weighted by Gasteiger charge is 2.01. The molecule has 1 heterocycles. The first kappa shape index (κ1) is 7.14. The van der Waals surface area contributed by atoms with E-state index in [1.165, 1.54) is 12.4 Å². The second-order valence-corrected chi connectivity index (χ2v) is 2.50. The average molecular weight is 202 g/mol. The molecule has 52 valence electrons. The zero-order valence-electron chi connectivity index (χ0n) is 4.91. The van der Waals surface area contributed by atoms with E-state index in [2.05, 4.69) is 26.1 Å². The number of pyridine rings is 1. The van der Waals surface area contributed by atoms with Crippen molar-refractivity contribution in [2.24, 2.45) is 5.18 Å². The summed E-state index contributed by atoms with van der Waals surface area (Å²) >= 11 is 3.10. The van der Waals surface area contributed by atoms with Crippen LogP contribution in [0.25, 0.3) is 0 Å². The van der Waals surface area contributed by atoms with Gasteiger partial charge in [-0.2, -0.15) is 0 Å². The molecule has 0 aromatic carbocycles. The number of hydrogen-bond donors (Lipinski definition) is 1. The molecule has 0 unspecified atom stereocenters. The summed E-state index contributed by atoms with van der Waals surface area (Å²) in [5, 5.41) is 2.66. The van der Waals surface area contributed by atoms with Gasteiger partial charge in [0.25, 0.3) is 0 Å². The van der Waals surface area contributed by atoms with Crippen LogP contribution in [0, 0.1) is 4.91 Å². The summed E-state index contributed by atoms with van der Waals surface area (Å²) < 4.78 is 0.588. The molecule has 0 amide bonds. The largest absolute Gasteiger partial charge is 0.396 e. The fourth-order valence-corrected chi connectivity index (χ4v) is 0.829. The summed E-state index contributed by atoms with van der Waals surface area (Å²) in [4.78, 5) is 13.7. The molecule has 0 aliphatic carbocycles. The Labute approximate surface area is 65.6 Å². The minimum Gasteiger partial charge on any atom is -0.396 e. The van der Waals surface area contributed by atoms with E-state index in [9.17, 15) is 4.91 Å². The third-order valence-electron chi connectivity index (χ3n) is 1.02. The molecule has 0 spiro atoms. The molecule has 0 atom stereocenters. The van der Waals surface area contributed by atoms with Crippen molar-refractivity contribution >= 4 is 27.3 Å². The molecular weight excluding hydrogens is 198 g/mol. The minimum absolute atomic E-state index is 0.161. The molecule has 0 radical (unpaired) electrons. The summed E-state index contributed by atoms with van der Waals surface area (Å²) in [5.74, 6) is 0. The Balaban J connectivity index is 3.27. The first-order chi connectivity index (χ1) is 4.75. The highest BCUT2D eigenvalue weighted by Crippen LogP contribution is 2.27. The van der Waals surface area contributed by atoms with Crippen LogP contribution in [0.3, 0.4) is 0 Å². The lowest BCUT2D eigenvalue weighted by Gasteiger charge is -1.96. The Hall–Kier alpha value is -0.970. The summed E-state index contributed by atoms with van der Waals surface area (Å²) in [5.41, 5.74) is 5.90. The molecule has 5 heteroatoms. The maximum atomic E-state index is 9.99. The van der Waals surface area contributed by atoms with E-state index in [0.717, 1.165) is 0 Å². The SMILES string of the molecule is Nc1c(Br)cncc1N=O. The van der Waals surface area contributed by atoms with Crippen molar-refractivity contribution in [3.8, 4) is 0 Å². The summed E-state index contributed by atoms with van der Waals surface area (Å²) in [6, 6.07) is 0. The third-order valence-corrected chi connectivity index (χ3v) is 1.65. The fourth-order valence-electron chi connectivity index (χ4n) is 0.507. The van der Waals surface area contributed by atoms with Crippen molar-refractivity contribution in [2.45, 2.75) is 0 Å². The van der Waals surface area contributed by atoms with Gasteiger partial charge in [-0.1, -0.05) is 0 Å². The molecule has 1 aromatic heterocycles. The Bertz CT molecular complexity index is 263. The Morgan fingerprint density at radius 3 is 2.80 bits per heavy atom. The van der Waals surface area contributed by atoms with Gasteiger partial charge < -0.3 is 5.73 Å². The average Bonchev–Trinajstić information content (AvgIpc) is 1.95. The lowest BCUT2D eigenvalue weighted by molar-refractivity contribution is 1.29. The summed E-state index contributed by atoms with van der Waals surface area (Å²) in [7, 11) is 0. The van der Waals surface area contributed by atoms with E-state index >= 15 is 0 Å². The first-order valence-electron chi connectivity index (χ1n) is 2.48. The molecule has 0 aliphatic rings. The van der Waals surface area contributed by atoms with Crippen LogP contribution < -0.4 is 5.73 Å². The quantitative estimate of drug-likeness (QED) is 0.706. The molecule has 1 rings (SSSR count). The molecule has 10 heavy (non-hydrogen) atoms. The molecule has 0 aliphatic heterocycles. The first-order valence-corrected chi connectivity index (χ1v) is 3.27. The van der Waals surface area contributed by atoms with Gasteiger partial charge in [-0.3, -0.25) is 4.98 Å². The van der Waals surface area contributed by atoms with E-state index in [1.807, 2.05) is 0 Å². The summed E-state index contributed by atoms with van der Waals surface area (Å²) in [6.07, 6.45) is 2.82. The number of anilines is 1. The van der Waals surface area contributed by atoms with Gasteiger partial charge in [0.15, 0.2) is 0 Å².